The zero-order valence-electron chi connectivity index (χ0n) is 24.5. The Balaban J connectivity index is 1.89. The number of benzene rings is 2. The highest BCUT2D eigenvalue weighted by Gasteiger charge is 2.43. The Bertz CT molecular complexity index is 1200. The van der Waals surface area contributed by atoms with E-state index in [1.165, 1.54) is 12.1 Å². The van der Waals surface area contributed by atoms with Gasteiger partial charge in [-0.2, -0.15) is 0 Å². The molecule has 2 aromatic rings. The monoisotopic (exact) mass is 603 g/mol. The smallest absolute Gasteiger partial charge is 0.507 e. The van der Waals surface area contributed by atoms with E-state index in [4.69, 9.17) is 32.5 Å². The molecule has 2 amide bonds. The Hall–Kier alpha value is -2.59. The second-order valence-electron chi connectivity index (χ2n) is 11.0. The molecule has 2 N–H and O–H groups in total. The van der Waals surface area contributed by atoms with Crippen LogP contribution in [-0.4, -0.2) is 66.5 Å². The van der Waals surface area contributed by atoms with Gasteiger partial charge in [0.1, 0.15) is 12.1 Å². The quantitative estimate of drug-likeness (QED) is 0.373. The number of hydrogen-bond donors (Lipinski definition) is 2. The Morgan fingerprint density at radius 3 is 2.37 bits per heavy atom. The Kier molecular flexibility index (Phi) is 12.1. The van der Waals surface area contributed by atoms with Crippen LogP contribution in [0, 0.1) is 5.92 Å². The van der Waals surface area contributed by atoms with Gasteiger partial charge in [0.15, 0.2) is 0 Å². The lowest BCUT2D eigenvalue weighted by Gasteiger charge is -2.40. The number of likely N-dealkylation sites (N-methyl/N-ethyl adjacent to an activating group) is 1. The summed E-state index contributed by atoms with van der Waals surface area (Å²) in [5.74, 6) is -1.87. The van der Waals surface area contributed by atoms with E-state index < -0.39 is 42.9 Å². The fraction of sp³-hybridized carbons (Fsp3) is 0.500. The maximum absolute atomic E-state index is 13.9. The lowest BCUT2D eigenvalue weighted by atomic mass is 9.72. The minimum Gasteiger partial charge on any atom is -0.507 e. The third kappa shape index (κ3) is 8.95. The second kappa shape index (κ2) is 15.1. The van der Waals surface area contributed by atoms with E-state index in [9.17, 15) is 14.4 Å². The van der Waals surface area contributed by atoms with Crippen molar-refractivity contribution in [3.8, 4) is 0 Å². The molecule has 1 fully saturated rings. The average Bonchev–Trinajstić information content (AvgIpc) is 2.93. The van der Waals surface area contributed by atoms with Crippen LogP contribution in [0.25, 0.3) is 0 Å². The van der Waals surface area contributed by atoms with Gasteiger partial charge in [-0.3, -0.25) is 19.3 Å². The molecule has 5 atom stereocenters. The van der Waals surface area contributed by atoms with E-state index in [1.54, 1.807) is 6.07 Å². The van der Waals surface area contributed by atoms with Gasteiger partial charge in [-0.1, -0.05) is 74.3 Å². The summed E-state index contributed by atoms with van der Waals surface area (Å²) in [5.41, 5.74) is 1.02. The molecule has 0 spiro atoms. The van der Waals surface area contributed by atoms with Gasteiger partial charge in [-0.05, 0) is 63.4 Å². The summed E-state index contributed by atoms with van der Waals surface area (Å²) in [6.45, 7) is 12.5. The van der Waals surface area contributed by atoms with Crippen LogP contribution in [-0.2, 0) is 25.3 Å². The van der Waals surface area contributed by atoms with Gasteiger partial charge >= 0.3 is 13.1 Å². The van der Waals surface area contributed by atoms with Crippen LogP contribution in [0.4, 0.5) is 0 Å². The first-order valence-corrected chi connectivity index (χ1v) is 14.9. The highest BCUT2D eigenvalue weighted by atomic mass is 35.5. The van der Waals surface area contributed by atoms with Crippen LogP contribution in [0.15, 0.2) is 48.5 Å². The highest BCUT2D eigenvalue weighted by Crippen LogP contribution is 2.22. The number of nitrogens with zero attached hydrogens (tertiary/aromatic N) is 1. The lowest BCUT2D eigenvalue weighted by Crippen LogP contribution is -2.61. The van der Waals surface area contributed by atoms with Crippen molar-refractivity contribution in [1.29, 1.82) is 0 Å². The molecule has 1 saturated heterocycles. The maximum Gasteiger partial charge on any atom is 0.551 e. The largest absolute Gasteiger partial charge is 0.551 e. The van der Waals surface area contributed by atoms with E-state index in [0.29, 0.717) is 18.0 Å². The molecule has 2 aromatic carbocycles. The van der Waals surface area contributed by atoms with Crippen LogP contribution in [0.1, 0.15) is 63.9 Å². The molecule has 0 unspecified atom stereocenters. The second-order valence-corrected chi connectivity index (χ2v) is 11.8. The van der Waals surface area contributed by atoms with Crippen molar-refractivity contribution in [2.24, 2.45) is 5.92 Å². The van der Waals surface area contributed by atoms with E-state index in [-0.39, 0.29) is 35.1 Å². The summed E-state index contributed by atoms with van der Waals surface area (Å²) >= 11 is 12.4. The SMILES string of the molecule is CCN1[C@H](C)C(=O)OB([C@H](CC(C)C)NC(=O)[C@H](Cc2ccccc2)NC(=O)c2cc(Cl)ccc2Cl)O[C@@H](C)[C@H]1C. The Morgan fingerprint density at radius 1 is 1.05 bits per heavy atom. The molecule has 222 valence electrons. The van der Waals surface area contributed by atoms with Crippen molar-refractivity contribution < 1.29 is 23.7 Å². The molecule has 8 nitrogen and oxygen atoms in total. The van der Waals surface area contributed by atoms with Crippen LogP contribution in [0.5, 0.6) is 0 Å². The number of amides is 2. The lowest BCUT2D eigenvalue weighted by molar-refractivity contribution is -0.147. The van der Waals surface area contributed by atoms with E-state index >= 15 is 0 Å². The molecule has 0 radical (unpaired) electrons. The van der Waals surface area contributed by atoms with Crippen LogP contribution in [0.2, 0.25) is 10.0 Å². The number of nitrogens with one attached hydrogen (secondary N) is 2. The summed E-state index contributed by atoms with van der Waals surface area (Å²) in [5, 5.41) is 6.44. The molecule has 1 heterocycles. The van der Waals surface area contributed by atoms with Crippen molar-refractivity contribution in [2.75, 3.05) is 6.54 Å². The summed E-state index contributed by atoms with van der Waals surface area (Å²) in [6.07, 6.45) is 0.446. The molecule has 3 rings (SSSR count). The van der Waals surface area contributed by atoms with Crippen LogP contribution < -0.4 is 10.6 Å². The molecule has 11 heteroatoms. The van der Waals surface area contributed by atoms with Crippen LogP contribution in [0.3, 0.4) is 0 Å². The molecule has 41 heavy (non-hydrogen) atoms. The van der Waals surface area contributed by atoms with Gasteiger partial charge < -0.3 is 19.9 Å². The van der Waals surface area contributed by atoms with Crippen molar-refractivity contribution in [3.05, 3.63) is 69.7 Å². The Labute approximate surface area is 253 Å². The van der Waals surface area contributed by atoms with Gasteiger partial charge in [0.05, 0.1) is 22.6 Å². The number of rotatable bonds is 10. The molecular formula is C30H40BCl2N3O5. The normalized spacial score (nSPS) is 21.4. The molecule has 0 aromatic heterocycles. The standard InChI is InChI=1S/C30H40BCl2N3O5/c1-7-36-19(4)21(6)40-31(41-30(39)20(36)5)27(15-18(2)3)35-29(38)26(16-22-11-9-8-10-12-22)34-28(37)24-17-23(32)13-14-25(24)33/h8-14,17-21,26-27H,7,15-16H2,1-6H3,(H,34,37)(H,35,38)/t19-,20-,21+,26+,27+/m1/s1. The fourth-order valence-electron chi connectivity index (χ4n) is 5.06. The number of hydrogen-bond acceptors (Lipinski definition) is 6. The third-order valence-electron chi connectivity index (χ3n) is 7.45. The van der Waals surface area contributed by atoms with Crippen molar-refractivity contribution in [3.63, 3.8) is 0 Å². The van der Waals surface area contributed by atoms with Gasteiger partial charge in [0, 0.05) is 17.5 Å². The topological polar surface area (TPSA) is 97.0 Å². The summed E-state index contributed by atoms with van der Waals surface area (Å²) < 4.78 is 12.1. The van der Waals surface area contributed by atoms with E-state index in [0.717, 1.165) is 5.56 Å². The number of carbonyl (C=O) groups is 3. The molecule has 0 saturated carbocycles. The zero-order valence-corrected chi connectivity index (χ0v) is 26.0. The van der Waals surface area contributed by atoms with Crippen LogP contribution >= 0.6 is 23.2 Å². The predicted octanol–water partition coefficient (Wildman–Crippen LogP) is 4.95. The predicted molar refractivity (Wildman–Crippen MR) is 163 cm³/mol. The Morgan fingerprint density at radius 2 is 1.73 bits per heavy atom. The van der Waals surface area contributed by atoms with Crippen molar-refractivity contribution >= 4 is 48.1 Å². The minimum atomic E-state index is -0.997. The van der Waals surface area contributed by atoms with Crippen molar-refractivity contribution in [2.45, 2.75) is 84.6 Å². The fourth-order valence-corrected chi connectivity index (χ4v) is 5.43. The summed E-state index contributed by atoms with van der Waals surface area (Å²) in [6, 6.07) is 12.5. The first-order valence-electron chi connectivity index (χ1n) is 14.1. The molecule has 1 aliphatic rings. The molecular weight excluding hydrogens is 564 g/mol. The van der Waals surface area contributed by atoms with Gasteiger partial charge in [0.25, 0.3) is 5.91 Å². The average molecular weight is 604 g/mol. The number of carbonyl (C=O) groups excluding carboxylic acids is 3. The number of halogens is 2. The van der Waals surface area contributed by atoms with Crippen molar-refractivity contribution in [1.82, 2.24) is 15.5 Å². The summed E-state index contributed by atoms with van der Waals surface area (Å²) in [4.78, 5) is 42.2. The molecule has 0 bridgehead atoms. The molecule has 1 aliphatic heterocycles. The maximum atomic E-state index is 13.9. The van der Waals surface area contributed by atoms with Gasteiger partial charge in [-0.25, -0.2) is 0 Å². The first-order chi connectivity index (χ1) is 19.4. The summed E-state index contributed by atoms with van der Waals surface area (Å²) in [7, 11) is -0.997. The molecule has 0 aliphatic carbocycles. The van der Waals surface area contributed by atoms with Gasteiger partial charge in [-0.15, -0.1) is 0 Å². The third-order valence-corrected chi connectivity index (χ3v) is 8.01. The minimum absolute atomic E-state index is 0.0479. The highest BCUT2D eigenvalue weighted by molar-refractivity contribution is 6.49. The first kappa shape index (κ1) is 32.9. The van der Waals surface area contributed by atoms with Gasteiger partial charge in [0.2, 0.25) is 5.91 Å². The van der Waals surface area contributed by atoms with E-state index in [2.05, 4.69) is 10.6 Å². The van der Waals surface area contributed by atoms with E-state index in [1.807, 2.05) is 76.8 Å². The zero-order chi connectivity index (χ0) is 30.3.